The Morgan fingerprint density at radius 1 is 0.792 bits per heavy atom. The fourth-order valence-electron chi connectivity index (χ4n) is 7.82. The van der Waals surface area contributed by atoms with E-state index in [-0.39, 0.29) is 36.6 Å². The fourth-order valence-corrected chi connectivity index (χ4v) is 7.82. The third kappa shape index (κ3) is 8.74. The molecule has 5 rings (SSSR count). The van der Waals surface area contributed by atoms with Gasteiger partial charge in [0.05, 0.1) is 25.6 Å². The Morgan fingerprint density at radius 3 is 1.94 bits per heavy atom. The van der Waals surface area contributed by atoms with Crippen molar-refractivity contribution in [3.8, 4) is 0 Å². The summed E-state index contributed by atoms with van der Waals surface area (Å²) in [4.78, 5) is 57.7. The molecule has 0 aromatic carbocycles. The van der Waals surface area contributed by atoms with E-state index >= 15 is 0 Å². The summed E-state index contributed by atoms with van der Waals surface area (Å²) in [6.45, 7) is 10.6. The van der Waals surface area contributed by atoms with Gasteiger partial charge in [-0.1, -0.05) is 46.0 Å². The number of aryl methyl sites for hydroxylation is 4. The van der Waals surface area contributed by atoms with Crippen molar-refractivity contribution in [3.63, 3.8) is 0 Å². The minimum absolute atomic E-state index is 0.0174. The Hall–Kier alpha value is -4.73. The third-order valence-corrected chi connectivity index (χ3v) is 11.3. The van der Waals surface area contributed by atoms with Crippen LogP contribution in [0.1, 0.15) is 130 Å². The number of methoxy groups -OCH3 is 2. The standard InChI is InChI=1S/C43H57N5O5/c1-10-11-12-13-14-15-32-38-22-33-26(2)20-29(44-33)21-34-27(3)30(16-18-41(50)52-8)36(45-34)23-37-31(17-19-42(51)53-9)28(4)35(46-37)24-39(47-38)43(32,5)25-40(49)48(6)7/h20-24,32,45-46H,10-19,25H2,1-9H3/t32-,43-/m1/s1. The summed E-state index contributed by atoms with van der Waals surface area (Å²) in [5, 5.41) is 0. The van der Waals surface area contributed by atoms with E-state index in [9.17, 15) is 14.4 Å². The molecule has 2 atom stereocenters. The molecule has 0 unspecified atom stereocenters. The van der Waals surface area contributed by atoms with Crippen molar-refractivity contribution in [3.05, 3.63) is 69.3 Å². The van der Waals surface area contributed by atoms with Gasteiger partial charge in [-0.2, -0.15) is 0 Å². The van der Waals surface area contributed by atoms with Crippen molar-refractivity contribution >= 4 is 51.6 Å². The zero-order valence-corrected chi connectivity index (χ0v) is 33.1. The number of aromatic amines is 2. The van der Waals surface area contributed by atoms with Crippen LogP contribution in [0, 0.1) is 13.8 Å². The van der Waals surface area contributed by atoms with Gasteiger partial charge in [-0.15, -0.1) is 0 Å². The van der Waals surface area contributed by atoms with Gasteiger partial charge < -0.3 is 24.3 Å². The molecule has 0 saturated heterocycles. The third-order valence-electron chi connectivity index (χ3n) is 11.3. The molecule has 2 N–H and O–H groups in total. The number of esters is 2. The zero-order chi connectivity index (χ0) is 38.4. The summed E-state index contributed by atoms with van der Waals surface area (Å²) in [6.07, 6.45) is 10.5. The molecular formula is C43H57N5O5. The number of carbonyl (C=O) groups is 3. The van der Waals surface area contributed by atoms with Crippen LogP contribution in [0.4, 0.5) is 0 Å². The van der Waals surface area contributed by atoms with Crippen LogP contribution in [0.15, 0.2) is 24.3 Å². The van der Waals surface area contributed by atoms with E-state index < -0.39 is 5.41 Å². The van der Waals surface area contributed by atoms with Gasteiger partial charge in [-0.3, -0.25) is 19.4 Å². The molecule has 10 nitrogen and oxygen atoms in total. The summed E-state index contributed by atoms with van der Waals surface area (Å²) in [5.41, 5.74) is 11.5. The summed E-state index contributed by atoms with van der Waals surface area (Å²) >= 11 is 0. The molecule has 8 bridgehead atoms. The first kappa shape index (κ1) is 39.5. The van der Waals surface area contributed by atoms with Crippen molar-refractivity contribution in [1.82, 2.24) is 24.8 Å². The Kier molecular flexibility index (Phi) is 12.6. The maximum Gasteiger partial charge on any atom is 0.305 e. The number of hydrogen-bond donors (Lipinski definition) is 2. The number of aromatic nitrogens is 4. The molecular weight excluding hydrogens is 667 g/mol. The Labute approximate surface area is 313 Å². The zero-order valence-electron chi connectivity index (χ0n) is 33.1. The number of H-pyrrole nitrogens is 2. The van der Waals surface area contributed by atoms with E-state index in [2.05, 4.69) is 74.9 Å². The van der Waals surface area contributed by atoms with Crippen LogP contribution in [-0.4, -0.2) is 71.0 Å². The van der Waals surface area contributed by atoms with Crippen LogP contribution in [0.25, 0.3) is 33.7 Å². The maximum atomic E-state index is 13.6. The predicted octanol–water partition coefficient (Wildman–Crippen LogP) is 8.58. The quantitative estimate of drug-likeness (QED) is 0.126. The Bertz CT molecular complexity index is 2050. The molecule has 3 aromatic heterocycles. The lowest BCUT2D eigenvalue weighted by Gasteiger charge is -2.32. The van der Waals surface area contributed by atoms with Crippen molar-refractivity contribution < 1.29 is 23.9 Å². The maximum absolute atomic E-state index is 13.6. The summed E-state index contributed by atoms with van der Waals surface area (Å²) in [5.74, 6) is -0.480. The molecule has 2 aliphatic heterocycles. The van der Waals surface area contributed by atoms with E-state index in [4.69, 9.17) is 19.4 Å². The second kappa shape index (κ2) is 16.9. The van der Waals surface area contributed by atoms with Gasteiger partial charge in [0.25, 0.3) is 0 Å². The van der Waals surface area contributed by atoms with E-state index in [1.807, 2.05) is 14.1 Å². The molecule has 0 aliphatic carbocycles. The number of nitrogens with zero attached hydrogens (tertiary/aromatic N) is 3. The summed E-state index contributed by atoms with van der Waals surface area (Å²) in [6, 6.07) is 8.37. The largest absolute Gasteiger partial charge is 0.469 e. The number of unbranched alkanes of at least 4 members (excludes halogenated alkanes) is 4. The van der Waals surface area contributed by atoms with Crippen LogP contribution in [0.3, 0.4) is 0 Å². The first-order chi connectivity index (χ1) is 25.3. The van der Waals surface area contributed by atoms with Gasteiger partial charge in [0.1, 0.15) is 0 Å². The Balaban J connectivity index is 1.84. The number of ether oxygens (including phenoxy) is 2. The Morgan fingerprint density at radius 2 is 1.38 bits per heavy atom. The lowest BCUT2D eigenvalue weighted by atomic mass is 9.70. The molecule has 1 amide bonds. The molecule has 0 fully saturated rings. The summed E-state index contributed by atoms with van der Waals surface area (Å²) in [7, 11) is 6.44. The first-order valence-electron chi connectivity index (χ1n) is 19.1. The van der Waals surface area contributed by atoms with Gasteiger partial charge in [0.2, 0.25) is 5.91 Å². The molecule has 0 spiro atoms. The number of hydrogen-bond acceptors (Lipinski definition) is 7. The SMILES string of the molecule is CCCCCCC[C@@H]1c2cc3nc(cc4[nH]c(cc5[nH]c(cc(n2)[C@]1(C)CC(=O)N(C)C)c(C)c5CCC(=O)OC)c(CCC(=O)OC)c4C)C=C3C. The average molecular weight is 724 g/mol. The fraction of sp³-hybridized carbons (Fsp3) is 0.512. The van der Waals surface area contributed by atoms with E-state index in [0.29, 0.717) is 19.3 Å². The van der Waals surface area contributed by atoms with Crippen LogP contribution >= 0.6 is 0 Å². The second-order valence-corrected chi connectivity index (χ2v) is 15.2. The summed E-state index contributed by atoms with van der Waals surface area (Å²) < 4.78 is 10.0. The minimum atomic E-state index is -0.568. The van der Waals surface area contributed by atoms with Crippen LogP contribution in [0.2, 0.25) is 0 Å². The molecule has 2 aliphatic rings. The number of amides is 1. The molecule has 284 valence electrons. The highest BCUT2D eigenvalue weighted by Gasteiger charge is 2.44. The van der Waals surface area contributed by atoms with Crippen LogP contribution < -0.4 is 0 Å². The van der Waals surface area contributed by atoms with Gasteiger partial charge in [0, 0.05) is 78.1 Å². The minimum Gasteiger partial charge on any atom is -0.469 e. The van der Waals surface area contributed by atoms with E-state index in [1.54, 1.807) is 4.90 Å². The first-order valence-corrected chi connectivity index (χ1v) is 19.1. The number of rotatable bonds is 14. The number of carbonyl (C=O) groups excluding carboxylic acids is 3. The van der Waals surface area contributed by atoms with E-state index in [1.165, 1.54) is 33.5 Å². The monoisotopic (exact) mass is 723 g/mol. The average Bonchev–Trinajstić information content (AvgIpc) is 3.79. The molecule has 0 saturated carbocycles. The van der Waals surface area contributed by atoms with Gasteiger partial charge in [-0.25, -0.2) is 4.98 Å². The number of fused-ring (bicyclic) bond motifs is 8. The molecule has 3 aromatic rings. The number of nitrogens with one attached hydrogen (secondary N) is 2. The highest BCUT2D eigenvalue weighted by Crippen LogP contribution is 2.48. The normalized spacial score (nSPS) is 16.7. The van der Waals surface area contributed by atoms with Crippen LogP contribution in [0.5, 0.6) is 0 Å². The van der Waals surface area contributed by atoms with Crippen molar-refractivity contribution in [2.75, 3.05) is 28.3 Å². The highest BCUT2D eigenvalue weighted by atomic mass is 16.5. The molecule has 53 heavy (non-hydrogen) atoms. The topological polar surface area (TPSA) is 130 Å². The van der Waals surface area contributed by atoms with E-state index in [0.717, 1.165) is 91.9 Å². The van der Waals surface area contributed by atoms with Crippen molar-refractivity contribution in [2.45, 2.75) is 117 Å². The molecule has 5 heterocycles. The predicted molar refractivity (Wildman–Crippen MR) is 211 cm³/mol. The second-order valence-electron chi connectivity index (χ2n) is 15.2. The molecule has 0 radical (unpaired) electrons. The smallest absolute Gasteiger partial charge is 0.305 e. The molecule has 10 heteroatoms. The van der Waals surface area contributed by atoms with Gasteiger partial charge in [-0.05, 0) is 98.2 Å². The highest BCUT2D eigenvalue weighted by molar-refractivity contribution is 5.85. The van der Waals surface area contributed by atoms with Crippen molar-refractivity contribution in [2.24, 2.45) is 0 Å². The van der Waals surface area contributed by atoms with Gasteiger partial charge >= 0.3 is 11.9 Å². The lowest BCUT2D eigenvalue weighted by Crippen LogP contribution is -2.34. The van der Waals surface area contributed by atoms with Crippen LogP contribution in [-0.2, 0) is 42.1 Å². The number of allylic oxidation sites excluding steroid dienone is 1. The van der Waals surface area contributed by atoms with Crippen molar-refractivity contribution in [1.29, 1.82) is 0 Å². The van der Waals surface area contributed by atoms with Gasteiger partial charge in [0.15, 0.2) is 0 Å². The lowest BCUT2D eigenvalue weighted by molar-refractivity contribution is -0.141.